The van der Waals surface area contributed by atoms with Gasteiger partial charge in [-0.15, -0.1) is 0 Å². The second-order valence-electron chi connectivity index (χ2n) is 5.79. The number of benzene rings is 2. The number of aliphatic imine (C=N–C) groups is 1. The van der Waals surface area contributed by atoms with Crippen LogP contribution in [0.5, 0.6) is 5.75 Å². The van der Waals surface area contributed by atoms with Crippen LogP contribution in [0.25, 0.3) is 0 Å². The van der Waals surface area contributed by atoms with Crippen LogP contribution >= 0.6 is 0 Å². The Bertz CT molecular complexity index is 879. The molecule has 4 nitrogen and oxygen atoms in total. The summed E-state index contributed by atoms with van der Waals surface area (Å²) in [6, 6.07) is 17.9. The third-order valence-corrected chi connectivity index (χ3v) is 4.19. The number of para-hydroxylation sites is 2. The predicted octanol–water partition coefficient (Wildman–Crippen LogP) is 4.58. The highest BCUT2D eigenvalue weighted by molar-refractivity contribution is 6.49. The van der Waals surface area contributed by atoms with Gasteiger partial charge in [0.1, 0.15) is 17.1 Å². The van der Waals surface area contributed by atoms with Gasteiger partial charge < -0.3 is 4.43 Å². The number of aryl methyl sites for hydroxylation is 1. The Hall–Kier alpha value is -2.79. The first-order valence-corrected chi connectivity index (χ1v) is 10.5. The maximum absolute atomic E-state index is 6.01. The molecule has 0 saturated heterocycles. The quantitative estimate of drug-likeness (QED) is 0.502. The SMILES string of the molecule is Cc1nccnc1C(=Nc1ccccc1O[Si](C)C)c1ccccc1. The van der Waals surface area contributed by atoms with Gasteiger partial charge in [-0.2, -0.15) is 0 Å². The van der Waals surface area contributed by atoms with Crippen LogP contribution in [0.4, 0.5) is 5.69 Å². The molecule has 2 aromatic carbocycles. The molecule has 5 heteroatoms. The lowest BCUT2D eigenvalue weighted by Gasteiger charge is -2.13. The van der Waals surface area contributed by atoms with E-state index in [-0.39, 0.29) is 0 Å². The van der Waals surface area contributed by atoms with Gasteiger partial charge in [0.05, 0.1) is 11.4 Å². The summed E-state index contributed by atoms with van der Waals surface area (Å²) in [5.74, 6) is 0.802. The summed E-state index contributed by atoms with van der Waals surface area (Å²) in [7, 11) is -0.878. The molecule has 0 atom stereocenters. The molecule has 0 aliphatic heterocycles. The van der Waals surface area contributed by atoms with E-state index in [4.69, 9.17) is 9.42 Å². The zero-order chi connectivity index (χ0) is 17.6. The predicted molar refractivity (Wildman–Crippen MR) is 103 cm³/mol. The van der Waals surface area contributed by atoms with Gasteiger partial charge in [-0.05, 0) is 32.2 Å². The molecule has 3 rings (SSSR count). The highest BCUT2D eigenvalue weighted by Crippen LogP contribution is 2.29. The van der Waals surface area contributed by atoms with Gasteiger partial charge in [-0.25, -0.2) is 4.99 Å². The molecule has 0 unspecified atom stereocenters. The van der Waals surface area contributed by atoms with Gasteiger partial charge in [0, 0.05) is 18.0 Å². The molecule has 0 spiro atoms. The molecular formula is C20H20N3OSi. The van der Waals surface area contributed by atoms with Crippen molar-refractivity contribution in [1.82, 2.24) is 9.97 Å². The van der Waals surface area contributed by atoms with Crippen molar-refractivity contribution in [2.24, 2.45) is 4.99 Å². The second-order valence-corrected chi connectivity index (χ2v) is 7.82. The molecule has 3 aromatic rings. The van der Waals surface area contributed by atoms with E-state index in [0.717, 1.165) is 34.1 Å². The maximum Gasteiger partial charge on any atom is 0.274 e. The van der Waals surface area contributed by atoms with E-state index in [1.54, 1.807) is 12.4 Å². The Kier molecular flexibility index (Phi) is 5.35. The molecule has 1 radical (unpaired) electrons. The van der Waals surface area contributed by atoms with E-state index in [0.29, 0.717) is 0 Å². The Morgan fingerprint density at radius 2 is 1.60 bits per heavy atom. The fraction of sp³-hybridized carbons (Fsp3) is 0.150. The second kappa shape index (κ2) is 7.85. The monoisotopic (exact) mass is 346 g/mol. The number of hydrogen-bond donors (Lipinski definition) is 0. The minimum atomic E-state index is -0.878. The first-order valence-electron chi connectivity index (χ1n) is 8.14. The Morgan fingerprint density at radius 1 is 0.920 bits per heavy atom. The minimum absolute atomic E-state index is 0.780. The molecule has 0 saturated carbocycles. The summed E-state index contributed by atoms with van der Waals surface area (Å²) in [4.78, 5) is 13.8. The van der Waals surface area contributed by atoms with E-state index in [1.165, 1.54) is 0 Å². The van der Waals surface area contributed by atoms with Crippen molar-refractivity contribution in [2.45, 2.75) is 20.0 Å². The molecule has 0 bridgehead atoms. The highest BCUT2D eigenvalue weighted by Gasteiger charge is 2.14. The zero-order valence-corrected chi connectivity index (χ0v) is 15.6. The number of nitrogens with zero attached hydrogens (tertiary/aromatic N) is 3. The van der Waals surface area contributed by atoms with Crippen LogP contribution in [0.3, 0.4) is 0 Å². The number of hydrogen-bond acceptors (Lipinski definition) is 4. The summed E-state index contributed by atoms with van der Waals surface area (Å²) < 4.78 is 6.01. The molecule has 25 heavy (non-hydrogen) atoms. The van der Waals surface area contributed by atoms with Crippen molar-refractivity contribution in [2.75, 3.05) is 0 Å². The zero-order valence-electron chi connectivity index (χ0n) is 14.6. The van der Waals surface area contributed by atoms with Crippen LogP contribution in [0.15, 0.2) is 72.0 Å². The van der Waals surface area contributed by atoms with E-state index < -0.39 is 9.04 Å². The van der Waals surface area contributed by atoms with Gasteiger partial charge >= 0.3 is 0 Å². The van der Waals surface area contributed by atoms with Gasteiger partial charge in [0.25, 0.3) is 9.04 Å². The first kappa shape index (κ1) is 17.0. The largest absolute Gasteiger partial charge is 0.541 e. The lowest BCUT2D eigenvalue weighted by Crippen LogP contribution is -2.12. The van der Waals surface area contributed by atoms with E-state index in [2.05, 4.69) is 23.1 Å². The van der Waals surface area contributed by atoms with E-state index in [1.807, 2.05) is 61.5 Å². The van der Waals surface area contributed by atoms with Crippen molar-refractivity contribution >= 4 is 20.4 Å². The van der Waals surface area contributed by atoms with Crippen molar-refractivity contribution in [3.05, 3.63) is 83.9 Å². The molecule has 1 heterocycles. The van der Waals surface area contributed by atoms with E-state index >= 15 is 0 Å². The average molecular weight is 346 g/mol. The third kappa shape index (κ3) is 4.19. The van der Waals surface area contributed by atoms with Gasteiger partial charge in [0.2, 0.25) is 0 Å². The third-order valence-electron chi connectivity index (χ3n) is 3.56. The average Bonchev–Trinajstić information content (AvgIpc) is 2.62. The normalized spacial score (nSPS) is 11.6. The van der Waals surface area contributed by atoms with Crippen LogP contribution in [0.2, 0.25) is 13.1 Å². The van der Waals surface area contributed by atoms with E-state index in [9.17, 15) is 0 Å². The Morgan fingerprint density at radius 3 is 2.32 bits per heavy atom. The summed E-state index contributed by atoms with van der Waals surface area (Å²) in [6.45, 7) is 6.16. The van der Waals surface area contributed by atoms with Gasteiger partial charge in [-0.3, -0.25) is 9.97 Å². The summed E-state index contributed by atoms with van der Waals surface area (Å²) in [5, 5.41) is 0. The Labute approximate surface area is 150 Å². The van der Waals surface area contributed by atoms with Crippen molar-refractivity contribution < 1.29 is 4.43 Å². The molecule has 0 N–H and O–H groups in total. The first-order chi connectivity index (χ1) is 12.1. The van der Waals surface area contributed by atoms with Crippen LogP contribution in [0, 0.1) is 6.92 Å². The summed E-state index contributed by atoms with van der Waals surface area (Å²) in [6.07, 6.45) is 3.39. The standard InChI is InChI=1S/C20H20N3OSi/c1-15-19(22-14-13-21-15)20(16-9-5-4-6-10-16)23-17-11-7-8-12-18(17)24-25(2)3/h4-14H,1-3H3. The van der Waals surface area contributed by atoms with Crippen molar-refractivity contribution in [1.29, 1.82) is 0 Å². The molecule has 0 aliphatic rings. The van der Waals surface area contributed by atoms with Crippen molar-refractivity contribution in [3.8, 4) is 5.75 Å². The fourth-order valence-corrected chi connectivity index (χ4v) is 3.08. The topological polar surface area (TPSA) is 47.4 Å². The van der Waals surface area contributed by atoms with Gasteiger partial charge in [0.15, 0.2) is 0 Å². The minimum Gasteiger partial charge on any atom is -0.541 e. The molecule has 0 fully saturated rings. The van der Waals surface area contributed by atoms with Crippen LogP contribution in [0.1, 0.15) is 17.0 Å². The molecule has 1 aromatic heterocycles. The lowest BCUT2D eigenvalue weighted by molar-refractivity contribution is 0.582. The van der Waals surface area contributed by atoms with Crippen molar-refractivity contribution in [3.63, 3.8) is 0 Å². The van der Waals surface area contributed by atoms with Crippen LogP contribution in [-0.4, -0.2) is 24.7 Å². The number of aromatic nitrogens is 2. The molecular weight excluding hydrogens is 326 g/mol. The maximum atomic E-state index is 6.01. The highest BCUT2D eigenvalue weighted by atomic mass is 28.3. The number of rotatable bonds is 5. The summed E-state index contributed by atoms with van der Waals surface area (Å²) >= 11 is 0. The summed E-state index contributed by atoms with van der Waals surface area (Å²) in [5.41, 5.74) is 4.22. The smallest absolute Gasteiger partial charge is 0.274 e. The lowest BCUT2D eigenvalue weighted by atomic mass is 10.1. The van der Waals surface area contributed by atoms with Gasteiger partial charge in [-0.1, -0.05) is 42.5 Å². The van der Waals surface area contributed by atoms with Crippen LogP contribution < -0.4 is 4.43 Å². The fourth-order valence-electron chi connectivity index (χ4n) is 2.47. The van der Waals surface area contributed by atoms with Crippen LogP contribution in [-0.2, 0) is 0 Å². The molecule has 0 aliphatic carbocycles. The molecule has 0 amide bonds. The Balaban J connectivity index is 2.16. The molecule has 125 valence electrons.